The second kappa shape index (κ2) is 11.0. The first-order valence-electron chi connectivity index (χ1n) is 14.5. The fourth-order valence-corrected chi connectivity index (χ4v) is 6.62. The van der Waals surface area contributed by atoms with E-state index < -0.39 is 12.0 Å². The number of nitrogens with zero attached hydrogens (tertiary/aromatic N) is 4. The summed E-state index contributed by atoms with van der Waals surface area (Å²) >= 11 is 0. The Bertz CT molecular complexity index is 1320. The Morgan fingerprint density at radius 3 is 2.62 bits per heavy atom. The van der Waals surface area contributed by atoms with Crippen LogP contribution >= 0.6 is 0 Å². The summed E-state index contributed by atoms with van der Waals surface area (Å²) in [6, 6.07) is 9.74. The topological polar surface area (TPSA) is 60.2 Å². The van der Waals surface area contributed by atoms with Crippen LogP contribution in [0.25, 0.3) is 10.9 Å². The van der Waals surface area contributed by atoms with Crippen molar-refractivity contribution in [3.8, 4) is 5.88 Å². The molecule has 208 valence electrons. The summed E-state index contributed by atoms with van der Waals surface area (Å²) in [5, 5.41) is 5.40. The highest BCUT2D eigenvalue weighted by Gasteiger charge is 2.47. The Morgan fingerprint density at radius 2 is 1.82 bits per heavy atom. The lowest BCUT2D eigenvalue weighted by Gasteiger charge is -2.34. The van der Waals surface area contributed by atoms with Crippen molar-refractivity contribution < 1.29 is 18.3 Å². The van der Waals surface area contributed by atoms with Gasteiger partial charge in [-0.05, 0) is 55.7 Å². The van der Waals surface area contributed by atoms with Crippen LogP contribution < -0.4 is 4.74 Å². The van der Waals surface area contributed by atoms with Crippen LogP contribution in [0.1, 0.15) is 73.0 Å². The first kappa shape index (κ1) is 26.4. The third-order valence-corrected chi connectivity index (χ3v) is 9.00. The largest absolute Gasteiger partial charge is 0.474 e. The van der Waals surface area contributed by atoms with E-state index in [1.807, 2.05) is 37.5 Å². The molecule has 1 aromatic carbocycles. The standard InChI is InChI=1S/C31H38F2N4O2/c1-36-20-26-25(3-2-4-28(26)35-36)29(38)17-22-7-5-21(6-8-22)11-14-37-15-12-23-9-10-30(34-27(23)13-16-37)39-24-18-31(32,33)19-24/h2-4,9-10,20-22,24H,5-8,11-19H2,1H3. The Kier molecular flexibility index (Phi) is 7.40. The van der Waals surface area contributed by atoms with Crippen LogP contribution in [0.4, 0.5) is 8.78 Å². The summed E-state index contributed by atoms with van der Waals surface area (Å²) in [6.45, 7) is 3.08. The highest BCUT2D eigenvalue weighted by atomic mass is 19.3. The van der Waals surface area contributed by atoms with Crippen molar-refractivity contribution in [2.24, 2.45) is 18.9 Å². The minimum absolute atomic E-state index is 0.209. The Morgan fingerprint density at radius 1 is 1.05 bits per heavy atom. The minimum atomic E-state index is -2.58. The predicted octanol–water partition coefficient (Wildman–Crippen LogP) is 6.01. The van der Waals surface area contributed by atoms with Crippen molar-refractivity contribution in [1.82, 2.24) is 19.7 Å². The van der Waals surface area contributed by atoms with Gasteiger partial charge in [-0.1, -0.05) is 31.0 Å². The molecular formula is C31H38F2N4O2. The second-order valence-electron chi connectivity index (χ2n) is 11.9. The van der Waals surface area contributed by atoms with E-state index >= 15 is 0 Å². The monoisotopic (exact) mass is 536 g/mol. The number of halogens is 2. The van der Waals surface area contributed by atoms with Crippen LogP contribution in [0, 0.1) is 11.8 Å². The number of pyridine rings is 1. The van der Waals surface area contributed by atoms with Gasteiger partial charge in [0.1, 0.15) is 6.10 Å². The minimum Gasteiger partial charge on any atom is -0.474 e. The lowest BCUT2D eigenvalue weighted by Crippen LogP contribution is -2.43. The number of Topliss-reactive ketones (excluding diaryl/α,β-unsaturated/α-hetero) is 1. The molecule has 6 nitrogen and oxygen atoms in total. The molecule has 0 radical (unpaired) electrons. The van der Waals surface area contributed by atoms with Gasteiger partial charge >= 0.3 is 0 Å². The van der Waals surface area contributed by atoms with Crippen LogP contribution in [0.3, 0.4) is 0 Å². The zero-order valence-electron chi connectivity index (χ0n) is 22.7. The number of aromatic nitrogens is 3. The first-order valence-corrected chi connectivity index (χ1v) is 14.5. The van der Waals surface area contributed by atoms with E-state index in [2.05, 4.69) is 21.0 Å². The molecule has 0 bridgehead atoms. The van der Waals surface area contributed by atoms with Crippen LogP contribution in [0.5, 0.6) is 5.88 Å². The zero-order chi connectivity index (χ0) is 27.0. The molecule has 0 atom stereocenters. The van der Waals surface area contributed by atoms with Gasteiger partial charge in [0.25, 0.3) is 5.92 Å². The number of hydrogen-bond donors (Lipinski definition) is 0. The quantitative estimate of drug-likeness (QED) is 0.330. The lowest BCUT2D eigenvalue weighted by atomic mass is 9.78. The third kappa shape index (κ3) is 6.16. The maximum absolute atomic E-state index is 13.1. The summed E-state index contributed by atoms with van der Waals surface area (Å²) in [4.78, 5) is 20.3. The Balaban J connectivity index is 0.939. The van der Waals surface area contributed by atoms with E-state index in [4.69, 9.17) is 4.74 Å². The molecule has 0 saturated heterocycles. The number of fused-ring (bicyclic) bond motifs is 2. The summed E-state index contributed by atoms with van der Waals surface area (Å²) in [6.07, 6.45) is 9.43. The molecule has 2 aliphatic carbocycles. The summed E-state index contributed by atoms with van der Waals surface area (Å²) in [7, 11) is 1.89. The normalized spacial score (nSPS) is 23.7. The van der Waals surface area contributed by atoms with Gasteiger partial charge in [0.2, 0.25) is 5.88 Å². The molecule has 0 unspecified atom stereocenters. The highest BCUT2D eigenvalue weighted by Crippen LogP contribution is 2.39. The molecule has 0 N–H and O–H groups in total. The van der Waals surface area contributed by atoms with E-state index in [0.29, 0.717) is 18.2 Å². The van der Waals surface area contributed by atoms with Crippen LogP contribution in [-0.2, 0) is 19.9 Å². The molecule has 1 aliphatic heterocycles. The lowest BCUT2D eigenvalue weighted by molar-refractivity contribution is -0.135. The molecule has 3 aliphatic rings. The van der Waals surface area contributed by atoms with E-state index in [9.17, 15) is 13.6 Å². The smallest absolute Gasteiger partial charge is 0.255 e. The summed E-state index contributed by atoms with van der Waals surface area (Å²) < 4.78 is 33.7. The number of ketones is 1. The molecule has 8 heteroatoms. The van der Waals surface area contributed by atoms with Crippen LogP contribution in [-0.4, -0.2) is 57.1 Å². The van der Waals surface area contributed by atoms with Crippen molar-refractivity contribution in [3.05, 3.63) is 53.3 Å². The molecule has 0 spiro atoms. The number of rotatable bonds is 8. The highest BCUT2D eigenvalue weighted by molar-refractivity contribution is 6.07. The molecule has 0 amide bonds. The van der Waals surface area contributed by atoms with Gasteiger partial charge in [0, 0.05) is 74.7 Å². The van der Waals surface area contributed by atoms with Gasteiger partial charge in [-0.25, -0.2) is 13.8 Å². The molecule has 3 aromatic rings. The van der Waals surface area contributed by atoms with E-state index in [-0.39, 0.29) is 18.6 Å². The van der Waals surface area contributed by atoms with Crippen molar-refractivity contribution in [1.29, 1.82) is 0 Å². The van der Waals surface area contributed by atoms with Crippen molar-refractivity contribution in [3.63, 3.8) is 0 Å². The van der Waals surface area contributed by atoms with Crippen LogP contribution in [0.2, 0.25) is 0 Å². The second-order valence-corrected chi connectivity index (χ2v) is 11.9. The molecular weight excluding hydrogens is 498 g/mol. The summed E-state index contributed by atoms with van der Waals surface area (Å²) in [5.74, 6) is -0.656. The van der Waals surface area contributed by atoms with Crippen molar-refractivity contribution >= 4 is 16.7 Å². The number of benzene rings is 1. The SMILES string of the molecule is Cn1cc2c(C(=O)CC3CCC(CCN4CCc5ccc(OC6CC(F)(F)C6)nc5CC4)CC3)cccc2n1. The van der Waals surface area contributed by atoms with E-state index in [0.717, 1.165) is 73.4 Å². The molecule has 2 saturated carbocycles. The summed E-state index contributed by atoms with van der Waals surface area (Å²) in [5.41, 5.74) is 3.99. The third-order valence-electron chi connectivity index (χ3n) is 9.00. The molecule has 3 heterocycles. The Hall–Kier alpha value is -2.87. The van der Waals surface area contributed by atoms with Gasteiger partial charge in [0.05, 0.1) is 5.52 Å². The molecule has 6 rings (SSSR count). The first-order chi connectivity index (χ1) is 18.8. The maximum atomic E-state index is 13.1. The number of aryl methyl sites for hydroxylation is 1. The number of carbonyl (C=O) groups excluding carboxylic acids is 1. The molecule has 2 aromatic heterocycles. The number of carbonyl (C=O) groups is 1. The maximum Gasteiger partial charge on any atom is 0.255 e. The van der Waals surface area contributed by atoms with Crippen LogP contribution in [0.15, 0.2) is 36.5 Å². The van der Waals surface area contributed by atoms with Gasteiger partial charge in [-0.15, -0.1) is 0 Å². The van der Waals surface area contributed by atoms with Gasteiger partial charge in [-0.3, -0.25) is 9.48 Å². The molecule has 39 heavy (non-hydrogen) atoms. The predicted molar refractivity (Wildman–Crippen MR) is 146 cm³/mol. The molecule has 2 fully saturated rings. The number of ether oxygens (including phenoxy) is 1. The van der Waals surface area contributed by atoms with E-state index in [1.54, 1.807) is 4.68 Å². The average molecular weight is 537 g/mol. The average Bonchev–Trinajstić information content (AvgIpc) is 3.16. The fraction of sp³-hybridized carbons (Fsp3) is 0.581. The number of alkyl halides is 2. The Labute approximate surface area is 228 Å². The zero-order valence-corrected chi connectivity index (χ0v) is 22.7. The van der Waals surface area contributed by atoms with Gasteiger partial charge < -0.3 is 9.64 Å². The van der Waals surface area contributed by atoms with E-state index in [1.165, 1.54) is 24.8 Å². The van der Waals surface area contributed by atoms with Gasteiger partial charge in [0.15, 0.2) is 5.78 Å². The number of hydrogen-bond acceptors (Lipinski definition) is 5. The fourth-order valence-electron chi connectivity index (χ4n) is 6.62. The van der Waals surface area contributed by atoms with Crippen molar-refractivity contribution in [2.75, 3.05) is 19.6 Å². The van der Waals surface area contributed by atoms with Crippen molar-refractivity contribution in [2.45, 2.75) is 76.2 Å². The van der Waals surface area contributed by atoms with Gasteiger partial charge in [-0.2, -0.15) is 5.10 Å².